The lowest BCUT2D eigenvalue weighted by Gasteiger charge is -2.47. The van der Waals surface area contributed by atoms with Gasteiger partial charge >= 0.3 is 6.03 Å². The summed E-state index contributed by atoms with van der Waals surface area (Å²) in [7, 11) is 0. The van der Waals surface area contributed by atoms with Crippen LogP contribution in [-0.2, 0) is 21.3 Å². The van der Waals surface area contributed by atoms with Gasteiger partial charge in [0.25, 0.3) is 0 Å². The third kappa shape index (κ3) is 6.23. The number of benzene rings is 3. The number of aliphatic imine (C=N–C) groups is 1. The molecule has 0 spiro atoms. The van der Waals surface area contributed by atoms with E-state index >= 15 is 4.79 Å². The number of carbonyl (C=O) groups is 2. The number of carbonyl (C=O) groups excluding carboxylic acids is 2. The van der Waals surface area contributed by atoms with Gasteiger partial charge in [0.15, 0.2) is 0 Å². The van der Waals surface area contributed by atoms with E-state index in [0.717, 1.165) is 22.3 Å². The minimum absolute atomic E-state index is 0.113. The lowest BCUT2D eigenvalue weighted by atomic mass is 9.71. The number of rotatable bonds is 7. The highest BCUT2D eigenvalue weighted by Crippen LogP contribution is 2.54. The van der Waals surface area contributed by atoms with E-state index in [9.17, 15) is 4.79 Å². The molecule has 2 aliphatic heterocycles. The molecule has 3 aromatic carbocycles. The summed E-state index contributed by atoms with van der Waals surface area (Å²) in [6, 6.07) is 21.2. The number of amidine groups is 1. The van der Waals surface area contributed by atoms with Gasteiger partial charge in [0.1, 0.15) is 22.7 Å². The van der Waals surface area contributed by atoms with Crippen molar-refractivity contribution >= 4 is 41.0 Å². The lowest BCUT2D eigenvalue weighted by molar-refractivity contribution is -0.119. The zero-order valence-electron chi connectivity index (χ0n) is 27.4. The Morgan fingerprint density at radius 1 is 0.891 bits per heavy atom. The summed E-state index contributed by atoms with van der Waals surface area (Å²) in [4.78, 5) is 37.7. The normalized spacial score (nSPS) is 22.1. The van der Waals surface area contributed by atoms with Crippen LogP contribution in [0.3, 0.4) is 0 Å². The quantitative estimate of drug-likeness (QED) is 0.301. The molecule has 10 heteroatoms. The Labute approximate surface area is 282 Å². The monoisotopic (exact) mass is 663 g/mol. The standard InChI is InChI=1S/C36H43Cl2N5O3/c1-7-46-30-22-26(34(2,3)4)12-17-29(30)32-40-35(5,24-8-13-27(37)14-9-24)36(6,25-10-15-28(38)16-11-25)43(32)33(45)42-20-18-41(19-21-42)23-31(39)44/h8-17,22H,7,18-21,23H2,1-6H3,(H2,39,44)/t35-,36-/m1/s1. The molecule has 2 atom stereocenters. The molecule has 2 aliphatic rings. The maximum absolute atomic E-state index is 15.0. The number of primary amides is 1. The van der Waals surface area contributed by atoms with Crippen molar-refractivity contribution in [3.05, 3.63) is 99.0 Å². The molecule has 8 nitrogen and oxygen atoms in total. The third-order valence-corrected chi connectivity index (χ3v) is 9.85. The maximum Gasteiger partial charge on any atom is 0.326 e. The predicted molar refractivity (Wildman–Crippen MR) is 185 cm³/mol. The van der Waals surface area contributed by atoms with Crippen LogP contribution in [0.1, 0.15) is 63.8 Å². The van der Waals surface area contributed by atoms with Crippen LogP contribution in [0.5, 0.6) is 5.75 Å². The van der Waals surface area contributed by atoms with Gasteiger partial charge in [-0.25, -0.2) is 4.79 Å². The van der Waals surface area contributed by atoms with Crippen molar-refractivity contribution in [3.63, 3.8) is 0 Å². The zero-order valence-corrected chi connectivity index (χ0v) is 29.0. The summed E-state index contributed by atoms with van der Waals surface area (Å²) < 4.78 is 6.27. The molecule has 46 heavy (non-hydrogen) atoms. The molecule has 2 heterocycles. The molecule has 0 aromatic heterocycles. The van der Waals surface area contributed by atoms with Crippen molar-refractivity contribution in [3.8, 4) is 5.75 Å². The Morgan fingerprint density at radius 2 is 1.46 bits per heavy atom. The largest absolute Gasteiger partial charge is 0.493 e. The Morgan fingerprint density at radius 3 is 1.98 bits per heavy atom. The maximum atomic E-state index is 15.0. The second-order valence-corrected chi connectivity index (χ2v) is 14.2. The highest BCUT2D eigenvalue weighted by atomic mass is 35.5. The number of piperazine rings is 1. The summed E-state index contributed by atoms with van der Waals surface area (Å²) in [6.45, 7) is 15.1. The van der Waals surface area contributed by atoms with E-state index in [-0.39, 0.29) is 23.9 Å². The van der Waals surface area contributed by atoms with Gasteiger partial charge in [-0.1, -0.05) is 74.3 Å². The number of hydrogen-bond donors (Lipinski definition) is 1. The molecule has 0 radical (unpaired) electrons. The topological polar surface area (TPSA) is 91.5 Å². The molecule has 0 aliphatic carbocycles. The Balaban J connectivity index is 1.73. The van der Waals surface area contributed by atoms with E-state index in [2.05, 4.69) is 46.8 Å². The number of amides is 3. The van der Waals surface area contributed by atoms with Crippen LogP contribution in [0.4, 0.5) is 4.79 Å². The second-order valence-electron chi connectivity index (χ2n) is 13.3. The number of urea groups is 1. The first kappa shape index (κ1) is 33.8. The first-order chi connectivity index (χ1) is 21.7. The Kier molecular flexibility index (Phi) is 9.47. The molecule has 244 valence electrons. The van der Waals surface area contributed by atoms with Crippen molar-refractivity contribution in [2.75, 3.05) is 39.3 Å². The predicted octanol–water partition coefficient (Wildman–Crippen LogP) is 6.81. The molecule has 3 amide bonds. The molecular weight excluding hydrogens is 621 g/mol. The molecule has 0 saturated carbocycles. The first-order valence-corrected chi connectivity index (χ1v) is 16.4. The van der Waals surface area contributed by atoms with Crippen LogP contribution in [0.2, 0.25) is 10.0 Å². The average Bonchev–Trinajstić information content (AvgIpc) is 3.25. The van der Waals surface area contributed by atoms with Crippen LogP contribution < -0.4 is 10.5 Å². The van der Waals surface area contributed by atoms with E-state index in [0.29, 0.717) is 54.4 Å². The summed E-state index contributed by atoms with van der Waals surface area (Å²) >= 11 is 12.7. The number of hydrogen-bond acceptors (Lipinski definition) is 5. The van der Waals surface area contributed by atoms with Gasteiger partial charge in [-0.15, -0.1) is 0 Å². The minimum Gasteiger partial charge on any atom is -0.493 e. The number of halogens is 2. The number of ether oxygens (including phenoxy) is 1. The van der Waals surface area contributed by atoms with Gasteiger partial charge < -0.3 is 15.4 Å². The molecule has 0 unspecified atom stereocenters. The van der Waals surface area contributed by atoms with Crippen molar-refractivity contribution in [1.82, 2.24) is 14.7 Å². The van der Waals surface area contributed by atoms with E-state index in [1.54, 1.807) is 0 Å². The Hall–Kier alpha value is -3.59. The molecular formula is C36H43Cl2N5O3. The van der Waals surface area contributed by atoms with Crippen molar-refractivity contribution in [2.24, 2.45) is 10.7 Å². The summed E-state index contributed by atoms with van der Waals surface area (Å²) in [5.74, 6) is 0.796. The molecule has 5 rings (SSSR count). The number of nitrogens with two attached hydrogens (primary N) is 1. The first-order valence-electron chi connectivity index (χ1n) is 15.7. The number of nitrogens with zero attached hydrogens (tertiary/aromatic N) is 4. The molecule has 0 bridgehead atoms. The fraction of sp³-hybridized carbons (Fsp3) is 0.417. The van der Waals surface area contributed by atoms with Crippen LogP contribution in [0, 0.1) is 0 Å². The highest BCUT2D eigenvalue weighted by Gasteiger charge is 2.60. The average molecular weight is 665 g/mol. The van der Waals surface area contributed by atoms with Gasteiger partial charge in [-0.2, -0.15) is 0 Å². The van der Waals surface area contributed by atoms with Crippen LogP contribution in [0.25, 0.3) is 0 Å². The summed E-state index contributed by atoms with van der Waals surface area (Å²) in [5.41, 5.74) is 7.02. The van der Waals surface area contributed by atoms with Crippen molar-refractivity contribution in [1.29, 1.82) is 0 Å². The van der Waals surface area contributed by atoms with Gasteiger partial charge in [0.05, 0.1) is 18.7 Å². The van der Waals surface area contributed by atoms with Crippen LogP contribution >= 0.6 is 23.2 Å². The molecule has 1 fully saturated rings. The van der Waals surface area contributed by atoms with E-state index in [1.165, 1.54) is 0 Å². The third-order valence-electron chi connectivity index (χ3n) is 9.35. The fourth-order valence-corrected chi connectivity index (χ4v) is 6.73. The van der Waals surface area contributed by atoms with Gasteiger partial charge in [0.2, 0.25) is 5.91 Å². The van der Waals surface area contributed by atoms with E-state index in [1.807, 2.05) is 76.2 Å². The molecule has 3 aromatic rings. The van der Waals surface area contributed by atoms with Crippen molar-refractivity contribution < 1.29 is 14.3 Å². The highest BCUT2D eigenvalue weighted by molar-refractivity contribution is 6.30. The van der Waals surface area contributed by atoms with Crippen LogP contribution in [0.15, 0.2) is 71.7 Å². The van der Waals surface area contributed by atoms with Gasteiger partial charge in [-0.3, -0.25) is 19.6 Å². The van der Waals surface area contributed by atoms with E-state index < -0.39 is 11.1 Å². The SMILES string of the molecule is CCOc1cc(C(C)(C)C)ccc1C1=N[C@](C)(c2ccc(Cl)cc2)[C@@](C)(c2ccc(Cl)cc2)N1C(=O)N1CCN(CC(N)=O)CC1. The van der Waals surface area contributed by atoms with E-state index in [4.69, 9.17) is 38.7 Å². The molecule has 2 N–H and O–H groups in total. The molecule has 1 saturated heterocycles. The summed E-state index contributed by atoms with van der Waals surface area (Å²) in [5, 5.41) is 1.21. The fourth-order valence-electron chi connectivity index (χ4n) is 6.47. The van der Waals surface area contributed by atoms with Crippen molar-refractivity contribution in [2.45, 2.75) is 58.0 Å². The summed E-state index contributed by atoms with van der Waals surface area (Å²) in [6.07, 6.45) is 0. The minimum atomic E-state index is -1.01. The zero-order chi connectivity index (χ0) is 33.4. The van der Waals surface area contributed by atoms with Gasteiger partial charge in [0, 0.05) is 36.2 Å². The second kappa shape index (κ2) is 12.9. The van der Waals surface area contributed by atoms with Gasteiger partial charge in [-0.05, 0) is 79.3 Å². The van der Waals surface area contributed by atoms with Crippen LogP contribution in [-0.4, -0.2) is 71.8 Å². The smallest absolute Gasteiger partial charge is 0.326 e. The Bertz CT molecular complexity index is 1630. The lowest BCUT2D eigenvalue weighted by Crippen LogP contribution is -2.61.